The van der Waals surface area contributed by atoms with Gasteiger partial charge in [0.05, 0.1) is 15.5 Å². The molecule has 1 aromatic rings. The second-order valence-corrected chi connectivity index (χ2v) is 6.50. The lowest BCUT2D eigenvalue weighted by Gasteiger charge is -2.07. The molecule has 0 unspecified atom stereocenters. The van der Waals surface area contributed by atoms with Crippen LogP contribution in [0.3, 0.4) is 0 Å². The molecular formula is C10H12ClNO4S2. The standard InChI is InChI=1S/C10H12ClNO4S2/c1-17-5-4-12-18(15,16)7-2-3-8(10(13)14)9(11)6-7/h2-3,6,12H,4-5H2,1H3,(H,13,14). The molecule has 0 aliphatic rings. The second-order valence-electron chi connectivity index (χ2n) is 3.34. The first kappa shape index (κ1) is 15.3. The minimum absolute atomic E-state index is 0.0430. The third kappa shape index (κ3) is 3.88. The molecule has 0 amide bonds. The van der Waals surface area contributed by atoms with Crippen molar-refractivity contribution in [3.63, 3.8) is 0 Å². The zero-order valence-electron chi connectivity index (χ0n) is 9.51. The van der Waals surface area contributed by atoms with Crippen LogP contribution in [0.4, 0.5) is 0 Å². The molecule has 0 radical (unpaired) electrons. The number of rotatable bonds is 6. The van der Waals surface area contributed by atoms with Crippen LogP contribution in [0, 0.1) is 0 Å². The van der Waals surface area contributed by atoms with Crippen molar-refractivity contribution in [2.24, 2.45) is 0 Å². The minimum Gasteiger partial charge on any atom is -0.478 e. The van der Waals surface area contributed by atoms with Crippen LogP contribution in [0.1, 0.15) is 10.4 Å². The molecule has 0 aliphatic heterocycles. The predicted octanol–water partition coefficient (Wildman–Crippen LogP) is 1.68. The van der Waals surface area contributed by atoms with Gasteiger partial charge in [0.25, 0.3) is 0 Å². The zero-order valence-corrected chi connectivity index (χ0v) is 11.9. The molecule has 0 fully saturated rings. The van der Waals surface area contributed by atoms with Crippen molar-refractivity contribution >= 4 is 39.4 Å². The normalized spacial score (nSPS) is 11.4. The monoisotopic (exact) mass is 309 g/mol. The van der Waals surface area contributed by atoms with Crippen molar-refractivity contribution in [2.45, 2.75) is 4.90 Å². The van der Waals surface area contributed by atoms with E-state index in [9.17, 15) is 13.2 Å². The smallest absolute Gasteiger partial charge is 0.337 e. The Morgan fingerprint density at radius 3 is 2.67 bits per heavy atom. The molecule has 0 aromatic heterocycles. The summed E-state index contributed by atoms with van der Waals surface area (Å²) in [4.78, 5) is 10.7. The van der Waals surface area contributed by atoms with Gasteiger partial charge >= 0.3 is 5.97 Å². The van der Waals surface area contributed by atoms with Crippen LogP contribution in [0.15, 0.2) is 23.1 Å². The summed E-state index contributed by atoms with van der Waals surface area (Å²) in [6, 6.07) is 3.52. The van der Waals surface area contributed by atoms with Crippen molar-refractivity contribution in [3.05, 3.63) is 28.8 Å². The molecule has 5 nitrogen and oxygen atoms in total. The lowest BCUT2D eigenvalue weighted by molar-refractivity contribution is 0.0697. The fourth-order valence-electron chi connectivity index (χ4n) is 1.20. The van der Waals surface area contributed by atoms with Crippen molar-refractivity contribution in [2.75, 3.05) is 18.6 Å². The van der Waals surface area contributed by atoms with Crippen molar-refractivity contribution in [3.8, 4) is 0 Å². The van der Waals surface area contributed by atoms with Gasteiger partial charge in [-0.25, -0.2) is 17.9 Å². The molecule has 1 aromatic carbocycles. The Morgan fingerprint density at radius 1 is 1.50 bits per heavy atom. The van der Waals surface area contributed by atoms with E-state index in [1.54, 1.807) is 0 Å². The summed E-state index contributed by atoms with van der Waals surface area (Å²) in [5.41, 5.74) is -0.125. The number of benzene rings is 1. The Kier molecular flexibility index (Phi) is 5.46. The van der Waals surface area contributed by atoms with E-state index in [1.165, 1.54) is 23.9 Å². The van der Waals surface area contributed by atoms with Crippen molar-refractivity contribution in [1.82, 2.24) is 4.72 Å². The third-order valence-corrected chi connectivity index (χ3v) is 4.46. The van der Waals surface area contributed by atoms with Gasteiger partial charge in [-0.05, 0) is 24.5 Å². The van der Waals surface area contributed by atoms with E-state index in [2.05, 4.69) is 4.72 Å². The SMILES string of the molecule is CSCCNS(=O)(=O)c1ccc(C(=O)O)c(Cl)c1. The molecule has 8 heteroatoms. The zero-order chi connectivity index (χ0) is 13.8. The molecule has 100 valence electrons. The topological polar surface area (TPSA) is 83.5 Å². The summed E-state index contributed by atoms with van der Waals surface area (Å²) in [6.45, 7) is 0.307. The highest BCUT2D eigenvalue weighted by Crippen LogP contribution is 2.20. The lowest BCUT2D eigenvalue weighted by Crippen LogP contribution is -2.26. The number of carboxylic acid groups (broad SMARTS) is 1. The number of halogens is 1. The number of thioether (sulfide) groups is 1. The highest BCUT2D eigenvalue weighted by Gasteiger charge is 2.17. The van der Waals surface area contributed by atoms with E-state index >= 15 is 0 Å². The fraction of sp³-hybridized carbons (Fsp3) is 0.300. The molecule has 0 heterocycles. The van der Waals surface area contributed by atoms with Crippen molar-refractivity contribution < 1.29 is 18.3 Å². The molecule has 0 saturated heterocycles. The molecule has 18 heavy (non-hydrogen) atoms. The quantitative estimate of drug-likeness (QED) is 0.781. The van der Waals surface area contributed by atoms with Gasteiger partial charge in [0, 0.05) is 12.3 Å². The van der Waals surface area contributed by atoms with E-state index in [0.717, 1.165) is 6.07 Å². The predicted molar refractivity (Wildman–Crippen MR) is 72.0 cm³/mol. The maximum Gasteiger partial charge on any atom is 0.337 e. The Labute approximate surface area is 115 Å². The minimum atomic E-state index is -3.64. The van der Waals surface area contributed by atoms with Gasteiger partial charge in [0.15, 0.2) is 0 Å². The molecule has 0 saturated carbocycles. The summed E-state index contributed by atoms with van der Waals surface area (Å²) in [5.74, 6) is -0.542. The van der Waals surface area contributed by atoms with Crippen LogP contribution >= 0.6 is 23.4 Å². The molecular weight excluding hydrogens is 298 g/mol. The Morgan fingerprint density at radius 2 is 2.17 bits per heavy atom. The van der Waals surface area contributed by atoms with Gasteiger partial charge in [-0.1, -0.05) is 11.6 Å². The number of sulfonamides is 1. The van der Waals surface area contributed by atoms with Gasteiger partial charge < -0.3 is 5.11 Å². The average molecular weight is 310 g/mol. The van der Waals surface area contributed by atoms with E-state index < -0.39 is 16.0 Å². The first-order chi connectivity index (χ1) is 8.38. The molecule has 0 bridgehead atoms. The first-order valence-electron chi connectivity index (χ1n) is 4.90. The number of carboxylic acids is 1. The fourth-order valence-corrected chi connectivity index (χ4v) is 3.02. The van der Waals surface area contributed by atoms with E-state index in [-0.39, 0.29) is 15.5 Å². The van der Waals surface area contributed by atoms with Crippen LogP contribution in [-0.2, 0) is 10.0 Å². The Balaban J connectivity index is 2.97. The first-order valence-corrected chi connectivity index (χ1v) is 8.15. The lowest BCUT2D eigenvalue weighted by atomic mass is 10.2. The second kappa shape index (κ2) is 6.42. The highest BCUT2D eigenvalue weighted by atomic mass is 35.5. The summed E-state index contributed by atoms with van der Waals surface area (Å²) < 4.78 is 26.0. The number of nitrogens with one attached hydrogen (secondary N) is 1. The summed E-state index contributed by atoms with van der Waals surface area (Å²) in [6.07, 6.45) is 1.87. The molecule has 0 aliphatic carbocycles. The maximum absolute atomic E-state index is 11.8. The number of hydrogen-bond donors (Lipinski definition) is 2. The summed E-state index contributed by atoms with van der Waals surface area (Å²) in [5, 5.41) is 8.68. The van der Waals surface area contributed by atoms with Gasteiger partial charge in [0.2, 0.25) is 10.0 Å². The third-order valence-electron chi connectivity index (χ3n) is 2.08. The van der Waals surface area contributed by atoms with Crippen LogP contribution in [0.2, 0.25) is 5.02 Å². The molecule has 1 rings (SSSR count). The maximum atomic E-state index is 11.8. The van der Waals surface area contributed by atoms with Gasteiger partial charge in [-0.3, -0.25) is 0 Å². The number of carbonyl (C=O) groups is 1. The number of aromatic carboxylic acids is 1. The molecule has 2 N–H and O–H groups in total. The average Bonchev–Trinajstić information content (AvgIpc) is 2.28. The van der Waals surface area contributed by atoms with Crippen LogP contribution in [0.25, 0.3) is 0 Å². The van der Waals surface area contributed by atoms with Crippen molar-refractivity contribution in [1.29, 1.82) is 0 Å². The van der Waals surface area contributed by atoms with Gasteiger partial charge in [-0.2, -0.15) is 11.8 Å². The van der Waals surface area contributed by atoms with Crippen LogP contribution < -0.4 is 4.72 Å². The molecule has 0 spiro atoms. The number of hydrogen-bond acceptors (Lipinski definition) is 4. The van der Waals surface area contributed by atoms with E-state index in [0.29, 0.717) is 12.3 Å². The van der Waals surface area contributed by atoms with Gasteiger partial charge in [0.1, 0.15) is 0 Å². The van der Waals surface area contributed by atoms with E-state index in [1.807, 2.05) is 6.26 Å². The summed E-state index contributed by atoms with van der Waals surface area (Å²) in [7, 11) is -3.64. The van der Waals surface area contributed by atoms with Crippen LogP contribution in [0.5, 0.6) is 0 Å². The largest absolute Gasteiger partial charge is 0.478 e. The van der Waals surface area contributed by atoms with Crippen LogP contribution in [-0.4, -0.2) is 38.0 Å². The Hall–Kier alpha value is -0.760. The Bertz CT molecular complexity index is 545. The van der Waals surface area contributed by atoms with Gasteiger partial charge in [-0.15, -0.1) is 0 Å². The summed E-state index contributed by atoms with van der Waals surface area (Å²) >= 11 is 7.23. The highest BCUT2D eigenvalue weighted by molar-refractivity contribution is 7.98. The molecule has 0 atom stereocenters. The van der Waals surface area contributed by atoms with E-state index in [4.69, 9.17) is 16.7 Å².